The molecule has 15 heavy (non-hydrogen) atoms. The first-order valence-corrected chi connectivity index (χ1v) is 5.51. The van der Waals surface area contributed by atoms with Crippen molar-refractivity contribution in [1.29, 1.82) is 0 Å². The highest BCUT2D eigenvalue weighted by Crippen LogP contribution is 2.29. The normalized spacial score (nSPS) is 24.7. The van der Waals surface area contributed by atoms with E-state index in [9.17, 15) is 5.11 Å². The molecule has 1 aliphatic rings. The maximum atomic E-state index is 10.0. The van der Waals surface area contributed by atoms with Gasteiger partial charge < -0.3 is 9.84 Å². The van der Waals surface area contributed by atoms with Crippen LogP contribution in [-0.4, -0.2) is 29.8 Å². The molecule has 0 saturated carbocycles. The predicted molar refractivity (Wildman–Crippen MR) is 62.1 cm³/mol. The van der Waals surface area contributed by atoms with Crippen LogP contribution in [0.1, 0.15) is 41.5 Å². The lowest BCUT2D eigenvalue weighted by Crippen LogP contribution is -2.34. The van der Waals surface area contributed by atoms with Crippen molar-refractivity contribution in [3.63, 3.8) is 0 Å². The van der Waals surface area contributed by atoms with Gasteiger partial charge in [0.05, 0.1) is 6.04 Å². The fourth-order valence-corrected chi connectivity index (χ4v) is 1.36. The minimum atomic E-state index is -0.607. The first kappa shape index (κ1) is 12.5. The van der Waals surface area contributed by atoms with E-state index in [-0.39, 0.29) is 16.9 Å². The lowest BCUT2D eigenvalue weighted by atomic mass is 9.87. The number of nitrogens with zero attached hydrogens (tertiary/aromatic N) is 1. The Kier molecular flexibility index (Phi) is 3.15. The van der Waals surface area contributed by atoms with Gasteiger partial charge in [-0.25, -0.2) is 4.99 Å². The highest BCUT2D eigenvalue weighted by Gasteiger charge is 2.36. The van der Waals surface area contributed by atoms with Crippen molar-refractivity contribution in [3.8, 4) is 0 Å². The molecule has 88 valence electrons. The summed E-state index contributed by atoms with van der Waals surface area (Å²) in [5.74, 6) is 0.502. The molecule has 0 unspecified atom stereocenters. The van der Waals surface area contributed by atoms with E-state index in [1.54, 1.807) is 0 Å². The second kappa shape index (κ2) is 3.78. The van der Waals surface area contributed by atoms with E-state index in [4.69, 9.17) is 4.74 Å². The summed E-state index contributed by atoms with van der Waals surface area (Å²) in [6, 6.07) is 0.157. The number of hydrogen-bond donors (Lipinski definition) is 1. The third kappa shape index (κ3) is 2.94. The molecule has 0 fully saturated rings. The Morgan fingerprint density at radius 3 is 2.13 bits per heavy atom. The average molecular weight is 213 g/mol. The summed E-state index contributed by atoms with van der Waals surface area (Å²) >= 11 is 0. The van der Waals surface area contributed by atoms with Gasteiger partial charge in [0.15, 0.2) is 0 Å². The third-order valence-corrected chi connectivity index (χ3v) is 2.73. The summed E-state index contributed by atoms with van der Waals surface area (Å²) in [7, 11) is 0. The van der Waals surface area contributed by atoms with Crippen molar-refractivity contribution >= 4 is 5.90 Å². The second-order valence-corrected chi connectivity index (χ2v) is 6.43. The van der Waals surface area contributed by atoms with Crippen LogP contribution in [0.25, 0.3) is 0 Å². The van der Waals surface area contributed by atoms with E-state index >= 15 is 0 Å². The Morgan fingerprint density at radius 1 is 1.27 bits per heavy atom. The van der Waals surface area contributed by atoms with E-state index < -0.39 is 6.10 Å². The van der Waals surface area contributed by atoms with E-state index in [0.29, 0.717) is 12.5 Å². The van der Waals surface area contributed by atoms with Crippen LogP contribution >= 0.6 is 0 Å². The molecule has 0 saturated heterocycles. The fraction of sp³-hybridized carbons (Fsp3) is 0.917. The van der Waals surface area contributed by atoms with E-state index in [1.807, 2.05) is 20.8 Å². The van der Waals surface area contributed by atoms with Crippen LogP contribution in [0.3, 0.4) is 0 Å². The molecule has 0 aromatic heterocycles. The number of aliphatic imine (C=N–C) groups is 1. The topological polar surface area (TPSA) is 41.8 Å². The van der Waals surface area contributed by atoms with Crippen LogP contribution in [0, 0.1) is 10.8 Å². The SMILES string of the molecule is CC(C)(C)[C@H](O)C1=N[C@@H](C(C)(C)C)CO1. The van der Waals surface area contributed by atoms with Gasteiger partial charge in [0.2, 0.25) is 5.90 Å². The quantitative estimate of drug-likeness (QED) is 0.725. The Bertz CT molecular complexity index is 258. The van der Waals surface area contributed by atoms with Gasteiger partial charge in [0, 0.05) is 0 Å². The maximum Gasteiger partial charge on any atom is 0.214 e. The molecule has 0 aliphatic carbocycles. The summed E-state index contributed by atoms with van der Waals surface area (Å²) < 4.78 is 5.48. The van der Waals surface area contributed by atoms with Crippen molar-refractivity contribution in [2.75, 3.05) is 6.61 Å². The molecule has 0 aromatic carbocycles. The van der Waals surface area contributed by atoms with Crippen LogP contribution in [-0.2, 0) is 4.74 Å². The number of rotatable bonds is 1. The van der Waals surface area contributed by atoms with Gasteiger partial charge in [-0.15, -0.1) is 0 Å². The monoisotopic (exact) mass is 213 g/mol. The first-order chi connectivity index (χ1) is 6.62. The standard InChI is InChI=1S/C12H23NO2/c1-11(2,3)8-7-15-10(13-8)9(14)12(4,5)6/h8-9,14H,7H2,1-6H3/t8-,9-/m1/s1. The summed E-state index contributed by atoms with van der Waals surface area (Å²) in [6.07, 6.45) is -0.607. The summed E-state index contributed by atoms with van der Waals surface area (Å²) in [5.41, 5.74) is -0.120. The lowest BCUT2D eigenvalue weighted by Gasteiger charge is -2.24. The molecule has 1 aliphatic heterocycles. The molecule has 0 aromatic rings. The number of aliphatic hydroxyl groups excluding tert-OH is 1. The van der Waals surface area contributed by atoms with Gasteiger partial charge in [0.1, 0.15) is 12.7 Å². The van der Waals surface area contributed by atoms with Gasteiger partial charge >= 0.3 is 0 Å². The van der Waals surface area contributed by atoms with Crippen LogP contribution in [0.15, 0.2) is 4.99 Å². The highest BCUT2D eigenvalue weighted by molar-refractivity contribution is 5.82. The first-order valence-electron chi connectivity index (χ1n) is 5.51. The molecular weight excluding hydrogens is 190 g/mol. The number of hydrogen-bond acceptors (Lipinski definition) is 3. The molecule has 1 rings (SSSR count). The molecule has 2 atom stereocenters. The van der Waals surface area contributed by atoms with E-state index in [0.717, 1.165) is 0 Å². The van der Waals surface area contributed by atoms with Crippen molar-refractivity contribution < 1.29 is 9.84 Å². The van der Waals surface area contributed by atoms with Crippen molar-refractivity contribution in [2.45, 2.75) is 53.7 Å². The van der Waals surface area contributed by atoms with Crippen molar-refractivity contribution in [1.82, 2.24) is 0 Å². The van der Waals surface area contributed by atoms with Crippen LogP contribution < -0.4 is 0 Å². The zero-order valence-corrected chi connectivity index (χ0v) is 10.7. The molecule has 0 radical (unpaired) electrons. The van der Waals surface area contributed by atoms with Crippen LogP contribution in [0.5, 0.6) is 0 Å². The summed E-state index contributed by atoms with van der Waals surface area (Å²) in [6.45, 7) is 12.9. The maximum absolute atomic E-state index is 10.0. The Hall–Kier alpha value is -0.570. The van der Waals surface area contributed by atoms with E-state index in [2.05, 4.69) is 25.8 Å². The largest absolute Gasteiger partial charge is 0.477 e. The Balaban J connectivity index is 2.76. The third-order valence-electron chi connectivity index (χ3n) is 2.73. The predicted octanol–water partition coefficient (Wildman–Crippen LogP) is 2.24. The Morgan fingerprint density at radius 2 is 1.80 bits per heavy atom. The zero-order chi connectivity index (χ0) is 11.9. The van der Waals surface area contributed by atoms with Gasteiger partial charge in [-0.05, 0) is 10.8 Å². The number of aliphatic hydroxyl groups is 1. The molecule has 3 nitrogen and oxygen atoms in total. The van der Waals surface area contributed by atoms with E-state index in [1.165, 1.54) is 0 Å². The van der Waals surface area contributed by atoms with Crippen LogP contribution in [0.4, 0.5) is 0 Å². The summed E-state index contributed by atoms with van der Waals surface area (Å²) in [4.78, 5) is 4.47. The fourth-order valence-electron chi connectivity index (χ4n) is 1.36. The molecule has 0 spiro atoms. The zero-order valence-electron chi connectivity index (χ0n) is 10.7. The van der Waals surface area contributed by atoms with Crippen molar-refractivity contribution in [2.24, 2.45) is 15.8 Å². The summed E-state index contributed by atoms with van der Waals surface area (Å²) in [5, 5.41) is 10.0. The average Bonchev–Trinajstić information content (AvgIpc) is 2.47. The molecule has 0 amide bonds. The minimum Gasteiger partial charge on any atom is -0.477 e. The highest BCUT2D eigenvalue weighted by atomic mass is 16.5. The smallest absolute Gasteiger partial charge is 0.214 e. The van der Waals surface area contributed by atoms with Gasteiger partial charge in [0.25, 0.3) is 0 Å². The second-order valence-electron chi connectivity index (χ2n) is 6.43. The lowest BCUT2D eigenvalue weighted by molar-refractivity contribution is 0.0971. The van der Waals surface area contributed by atoms with Crippen molar-refractivity contribution in [3.05, 3.63) is 0 Å². The molecule has 1 heterocycles. The minimum absolute atomic E-state index is 0.0966. The molecule has 0 bridgehead atoms. The van der Waals surface area contributed by atoms with Crippen LogP contribution in [0.2, 0.25) is 0 Å². The molecular formula is C12H23NO2. The van der Waals surface area contributed by atoms with Gasteiger partial charge in [-0.3, -0.25) is 0 Å². The van der Waals surface area contributed by atoms with Gasteiger partial charge in [-0.2, -0.15) is 0 Å². The number of ether oxygens (including phenoxy) is 1. The molecule has 3 heteroatoms. The Labute approximate surface area is 92.6 Å². The molecule has 1 N–H and O–H groups in total. The van der Waals surface area contributed by atoms with Gasteiger partial charge in [-0.1, -0.05) is 41.5 Å².